The Kier molecular flexibility index (Phi) is 2.19. The predicted molar refractivity (Wildman–Crippen MR) is 53.4 cm³/mol. The highest BCUT2D eigenvalue weighted by atomic mass is 16.3. The van der Waals surface area contributed by atoms with Crippen LogP contribution in [0.4, 0.5) is 0 Å². The lowest BCUT2D eigenvalue weighted by atomic mass is 9.82. The van der Waals surface area contributed by atoms with Gasteiger partial charge >= 0.3 is 0 Å². The lowest BCUT2D eigenvalue weighted by molar-refractivity contribution is 0.118. The van der Waals surface area contributed by atoms with Crippen molar-refractivity contribution >= 4 is 0 Å². The highest BCUT2D eigenvalue weighted by Gasteiger charge is 2.24. The van der Waals surface area contributed by atoms with E-state index in [1.54, 1.807) is 0 Å². The summed E-state index contributed by atoms with van der Waals surface area (Å²) in [5.74, 6) is 0.231. The zero-order valence-corrected chi connectivity index (χ0v) is 7.61. The first-order chi connectivity index (χ1) is 6.33. The molecule has 1 nitrogen and oxygen atoms in total. The molecule has 0 saturated carbocycles. The molecule has 0 aliphatic heterocycles. The normalized spacial score (nSPS) is 26.5. The van der Waals surface area contributed by atoms with Gasteiger partial charge in [-0.15, -0.1) is 6.58 Å². The molecule has 1 aromatic carbocycles. The quantitative estimate of drug-likeness (QED) is 0.648. The molecule has 1 heteroatoms. The van der Waals surface area contributed by atoms with E-state index >= 15 is 0 Å². The molecule has 0 fully saturated rings. The summed E-state index contributed by atoms with van der Waals surface area (Å²) in [5, 5.41) is 9.95. The highest BCUT2D eigenvalue weighted by molar-refractivity contribution is 5.32. The Hall–Kier alpha value is -1.08. The van der Waals surface area contributed by atoms with Gasteiger partial charge in [-0.2, -0.15) is 0 Å². The van der Waals surface area contributed by atoms with E-state index in [1.807, 2.05) is 24.3 Å². The summed E-state index contributed by atoms with van der Waals surface area (Å²) in [6.07, 6.45) is 3.59. The van der Waals surface area contributed by atoms with E-state index in [0.29, 0.717) is 0 Å². The molecule has 0 spiro atoms. The van der Waals surface area contributed by atoms with Gasteiger partial charge in [0.25, 0.3) is 0 Å². The predicted octanol–water partition coefficient (Wildman–Crippen LogP) is 2.47. The minimum atomic E-state index is -0.345. The average Bonchev–Trinajstić information content (AvgIpc) is 2.19. The highest BCUT2D eigenvalue weighted by Crippen LogP contribution is 2.34. The Morgan fingerprint density at radius 3 is 2.92 bits per heavy atom. The summed E-state index contributed by atoms with van der Waals surface area (Å²) < 4.78 is 0. The van der Waals surface area contributed by atoms with E-state index in [4.69, 9.17) is 0 Å². The molecule has 0 unspecified atom stereocenters. The van der Waals surface area contributed by atoms with Gasteiger partial charge in [0.05, 0.1) is 6.10 Å². The van der Waals surface area contributed by atoms with Gasteiger partial charge < -0.3 is 5.11 Å². The Balaban J connectivity index is 2.38. The molecule has 1 N–H and O–H groups in total. The van der Waals surface area contributed by atoms with Gasteiger partial charge in [0.1, 0.15) is 0 Å². The van der Waals surface area contributed by atoms with Crippen LogP contribution in [-0.4, -0.2) is 5.11 Å². The Labute approximate surface area is 78.7 Å². The van der Waals surface area contributed by atoms with Gasteiger partial charge in [-0.1, -0.05) is 30.3 Å². The molecular weight excluding hydrogens is 160 g/mol. The van der Waals surface area contributed by atoms with Gasteiger partial charge in [0, 0.05) is 5.92 Å². The lowest BCUT2D eigenvalue weighted by Crippen LogP contribution is -2.18. The van der Waals surface area contributed by atoms with Crippen LogP contribution in [0.2, 0.25) is 0 Å². The minimum Gasteiger partial charge on any atom is -0.388 e. The van der Waals surface area contributed by atoms with Gasteiger partial charge in [0.15, 0.2) is 0 Å². The molecule has 1 aromatic rings. The van der Waals surface area contributed by atoms with Crippen molar-refractivity contribution in [3.63, 3.8) is 0 Å². The van der Waals surface area contributed by atoms with E-state index in [0.717, 1.165) is 18.4 Å². The second-order valence-electron chi connectivity index (χ2n) is 3.58. The van der Waals surface area contributed by atoms with Crippen molar-refractivity contribution in [3.05, 3.63) is 48.0 Å². The maximum absolute atomic E-state index is 9.95. The van der Waals surface area contributed by atoms with Crippen LogP contribution in [0.15, 0.2) is 36.9 Å². The summed E-state index contributed by atoms with van der Waals surface area (Å²) in [6.45, 7) is 3.75. The summed E-state index contributed by atoms with van der Waals surface area (Å²) >= 11 is 0. The number of fused-ring (bicyclic) bond motifs is 1. The number of aliphatic hydroxyl groups is 1. The third kappa shape index (κ3) is 1.40. The van der Waals surface area contributed by atoms with Gasteiger partial charge in [0.2, 0.25) is 0 Å². The van der Waals surface area contributed by atoms with Crippen LogP contribution in [0.1, 0.15) is 23.7 Å². The zero-order chi connectivity index (χ0) is 9.26. The first kappa shape index (κ1) is 8.52. The zero-order valence-electron chi connectivity index (χ0n) is 7.61. The van der Waals surface area contributed by atoms with Crippen molar-refractivity contribution in [1.82, 2.24) is 0 Å². The van der Waals surface area contributed by atoms with Crippen molar-refractivity contribution in [2.45, 2.75) is 18.9 Å². The topological polar surface area (TPSA) is 20.2 Å². The first-order valence-corrected chi connectivity index (χ1v) is 4.71. The fourth-order valence-electron chi connectivity index (χ4n) is 2.01. The first-order valence-electron chi connectivity index (χ1n) is 4.71. The second kappa shape index (κ2) is 3.35. The lowest BCUT2D eigenvalue weighted by Gasteiger charge is -2.27. The standard InChI is InChI=1S/C12H14O/c1-2-9-7-8-10-5-3-4-6-11(10)12(9)13/h2-6,9,12-13H,1,7-8H2/t9-,12-/m1/s1. The fraction of sp³-hybridized carbons (Fsp3) is 0.333. The van der Waals surface area contributed by atoms with Gasteiger partial charge in [-0.25, -0.2) is 0 Å². The van der Waals surface area contributed by atoms with Crippen molar-refractivity contribution < 1.29 is 5.11 Å². The van der Waals surface area contributed by atoms with Crippen LogP contribution in [0, 0.1) is 5.92 Å². The molecule has 2 atom stereocenters. The third-order valence-electron chi connectivity index (χ3n) is 2.83. The fourth-order valence-corrected chi connectivity index (χ4v) is 2.01. The van der Waals surface area contributed by atoms with E-state index < -0.39 is 0 Å². The van der Waals surface area contributed by atoms with Crippen LogP contribution >= 0.6 is 0 Å². The average molecular weight is 174 g/mol. The number of rotatable bonds is 1. The number of hydrogen-bond donors (Lipinski definition) is 1. The Bertz CT molecular complexity index is 317. The van der Waals surface area contributed by atoms with E-state index in [-0.39, 0.29) is 12.0 Å². The van der Waals surface area contributed by atoms with Crippen LogP contribution in [-0.2, 0) is 6.42 Å². The van der Waals surface area contributed by atoms with Crippen molar-refractivity contribution in [3.8, 4) is 0 Å². The number of benzene rings is 1. The van der Waals surface area contributed by atoms with E-state index in [2.05, 4.69) is 12.6 Å². The molecular formula is C12H14O. The minimum absolute atomic E-state index is 0.231. The molecule has 0 amide bonds. The Morgan fingerprint density at radius 2 is 2.15 bits per heavy atom. The molecule has 0 aromatic heterocycles. The molecule has 13 heavy (non-hydrogen) atoms. The van der Waals surface area contributed by atoms with E-state index in [9.17, 15) is 5.11 Å². The van der Waals surface area contributed by atoms with Crippen LogP contribution in [0.3, 0.4) is 0 Å². The summed E-state index contributed by atoms with van der Waals surface area (Å²) in [7, 11) is 0. The largest absolute Gasteiger partial charge is 0.388 e. The monoisotopic (exact) mass is 174 g/mol. The van der Waals surface area contributed by atoms with Crippen molar-refractivity contribution in [2.75, 3.05) is 0 Å². The Morgan fingerprint density at radius 1 is 1.38 bits per heavy atom. The van der Waals surface area contributed by atoms with Crippen LogP contribution in [0.5, 0.6) is 0 Å². The molecule has 2 rings (SSSR count). The van der Waals surface area contributed by atoms with Gasteiger partial charge in [-0.05, 0) is 24.0 Å². The molecule has 1 aliphatic carbocycles. The maximum Gasteiger partial charge on any atom is 0.0855 e. The summed E-state index contributed by atoms with van der Waals surface area (Å²) in [6, 6.07) is 8.11. The van der Waals surface area contributed by atoms with Crippen molar-refractivity contribution in [2.24, 2.45) is 5.92 Å². The molecule has 0 bridgehead atoms. The summed E-state index contributed by atoms with van der Waals surface area (Å²) in [5.41, 5.74) is 2.37. The molecule has 1 aliphatic rings. The molecule has 0 heterocycles. The SMILES string of the molecule is C=C[C@@H]1CCc2ccccc2[C@@H]1O. The number of aliphatic hydroxyl groups excluding tert-OH is 1. The van der Waals surface area contributed by atoms with Gasteiger partial charge in [-0.3, -0.25) is 0 Å². The maximum atomic E-state index is 9.95. The van der Waals surface area contributed by atoms with Crippen LogP contribution in [0.25, 0.3) is 0 Å². The van der Waals surface area contributed by atoms with Crippen molar-refractivity contribution in [1.29, 1.82) is 0 Å². The molecule has 0 saturated heterocycles. The molecule has 0 radical (unpaired) electrons. The van der Waals surface area contributed by atoms with E-state index in [1.165, 1.54) is 5.56 Å². The molecule has 68 valence electrons. The second-order valence-corrected chi connectivity index (χ2v) is 3.58. The summed E-state index contributed by atoms with van der Waals surface area (Å²) in [4.78, 5) is 0. The number of aryl methyl sites for hydroxylation is 1. The van der Waals surface area contributed by atoms with Crippen LogP contribution < -0.4 is 0 Å². The third-order valence-corrected chi connectivity index (χ3v) is 2.83. The smallest absolute Gasteiger partial charge is 0.0855 e. The number of hydrogen-bond acceptors (Lipinski definition) is 1.